The molecule has 3 nitrogen and oxygen atoms in total. The smallest absolute Gasteiger partial charge is 0.254 e. The van der Waals surface area contributed by atoms with Crippen molar-refractivity contribution in [2.45, 2.75) is 12.2 Å². The van der Waals surface area contributed by atoms with E-state index >= 15 is 0 Å². The molecule has 0 spiro atoms. The molecule has 5 heteroatoms. The number of rotatable bonds is 4. The van der Waals surface area contributed by atoms with Gasteiger partial charge in [0, 0.05) is 17.9 Å². The molecule has 16 heavy (non-hydrogen) atoms. The van der Waals surface area contributed by atoms with Crippen LogP contribution < -0.4 is 5.32 Å². The largest absolute Gasteiger partial charge is 0.508 e. The molecule has 1 aromatic carbocycles. The third-order valence-electron chi connectivity index (χ3n) is 2.15. The van der Waals surface area contributed by atoms with Gasteiger partial charge in [-0.05, 0) is 18.4 Å². The SMILES string of the molecule is CSC(C)CNC(=O)c1ccc(O)cc1F. The van der Waals surface area contributed by atoms with Crippen molar-refractivity contribution in [3.63, 3.8) is 0 Å². The zero-order chi connectivity index (χ0) is 12.1. The molecule has 0 radical (unpaired) electrons. The van der Waals surface area contributed by atoms with E-state index in [0.29, 0.717) is 6.54 Å². The molecule has 1 atom stereocenters. The van der Waals surface area contributed by atoms with Crippen molar-refractivity contribution < 1.29 is 14.3 Å². The maximum Gasteiger partial charge on any atom is 0.254 e. The number of amides is 1. The Hall–Kier alpha value is -1.23. The number of nitrogens with one attached hydrogen (secondary N) is 1. The Balaban J connectivity index is 2.66. The number of hydrogen-bond acceptors (Lipinski definition) is 3. The lowest BCUT2D eigenvalue weighted by Gasteiger charge is -2.10. The molecule has 1 aromatic rings. The summed E-state index contributed by atoms with van der Waals surface area (Å²) in [5.74, 6) is -1.36. The predicted octanol–water partition coefficient (Wildman–Crippen LogP) is 2.01. The molecule has 0 aliphatic heterocycles. The first-order valence-corrected chi connectivity index (χ1v) is 6.13. The van der Waals surface area contributed by atoms with Gasteiger partial charge in [-0.15, -0.1) is 0 Å². The third kappa shape index (κ3) is 3.41. The molecular formula is C11H14FNO2S. The van der Waals surface area contributed by atoms with E-state index in [4.69, 9.17) is 5.11 Å². The zero-order valence-electron chi connectivity index (χ0n) is 9.16. The van der Waals surface area contributed by atoms with Crippen molar-refractivity contribution in [3.05, 3.63) is 29.6 Å². The van der Waals surface area contributed by atoms with Gasteiger partial charge in [-0.3, -0.25) is 4.79 Å². The van der Waals surface area contributed by atoms with Crippen LogP contribution in [0.1, 0.15) is 17.3 Å². The Kier molecular flexibility index (Phi) is 4.61. The summed E-state index contributed by atoms with van der Waals surface area (Å²) in [6, 6.07) is 3.48. The van der Waals surface area contributed by atoms with E-state index in [2.05, 4.69) is 5.32 Å². The van der Waals surface area contributed by atoms with E-state index in [1.807, 2.05) is 13.2 Å². The van der Waals surface area contributed by atoms with Crippen LogP contribution in [0.4, 0.5) is 4.39 Å². The first kappa shape index (κ1) is 12.8. The van der Waals surface area contributed by atoms with Crippen LogP contribution in [-0.2, 0) is 0 Å². The Morgan fingerprint density at radius 2 is 2.31 bits per heavy atom. The van der Waals surface area contributed by atoms with Crippen LogP contribution in [0.15, 0.2) is 18.2 Å². The number of aromatic hydroxyl groups is 1. The second-order valence-electron chi connectivity index (χ2n) is 3.42. The van der Waals surface area contributed by atoms with Gasteiger partial charge in [0.2, 0.25) is 0 Å². The second kappa shape index (κ2) is 5.75. The van der Waals surface area contributed by atoms with Crippen LogP contribution in [0.5, 0.6) is 5.75 Å². The Bertz CT molecular complexity index is 384. The number of hydrogen-bond donors (Lipinski definition) is 2. The molecule has 2 N–H and O–H groups in total. The lowest BCUT2D eigenvalue weighted by Crippen LogP contribution is -2.29. The first-order chi connectivity index (χ1) is 7.54. The molecule has 1 amide bonds. The average Bonchev–Trinajstić information content (AvgIpc) is 2.25. The fraction of sp³-hybridized carbons (Fsp3) is 0.364. The molecule has 1 rings (SSSR count). The topological polar surface area (TPSA) is 49.3 Å². The van der Waals surface area contributed by atoms with Gasteiger partial charge in [-0.25, -0.2) is 4.39 Å². The van der Waals surface area contributed by atoms with Gasteiger partial charge in [0.05, 0.1) is 5.56 Å². The number of carbonyl (C=O) groups is 1. The molecule has 0 heterocycles. The number of phenols is 1. The number of phenolic OH excluding ortho intramolecular Hbond substituents is 1. The monoisotopic (exact) mass is 243 g/mol. The minimum absolute atomic E-state index is 0.0499. The number of thioether (sulfide) groups is 1. The summed E-state index contributed by atoms with van der Waals surface area (Å²) in [5.41, 5.74) is -0.0499. The zero-order valence-corrected chi connectivity index (χ0v) is 9.97. The summed E-state index contributed by atoms with van der Waals surface area (Å²) < 4.78 is 13.3. The molecule has 0 saturated heterocycles. The van der Waals surface area contributed by atoms with E-state index in [1.54, 1.807) is 11.8 Å². The second-order valence-corrected chi connectivity index (χ2v) is 4.70. The summed E-state index contributed by atoms with van der Waals surface area (Å²) in [7, 11) is 0. The van der Waals surface area contributed by atoms with E-state index in [1.165, 1.54) is 12.1 Å². The molecule has 0 saturated carbocycles. The van der Waals surface area contributed by atoms with E-state index in [9.17, 15) is 9.18 Å². The lowest BCUT2D eigenvalue weighted by molar-refractivity contribution is 0.0950. The standard InChI is InChI=1S/C11H14FNO2S/c1-7(16-2)6-13-11(15)9-4-3-8(14)5-10(9)12/h3-5,7,14H,6H2,1-2H3,(H,13,15). The first-order valence-electron chi connectivity index (χ1n) is 4.84. The normalized spacial score (nSPS) is 12.2. The van der Waals surface area contributed by atoms with Crippen LogP contribution in [0.25, 0.3) is 0 Å². The lowest BCUT2D eigenvalue weighted by atomic mass is 10.2. The van der Waals surface area contributed by atoms with Gasteiger partial charge < -0.3 is 10.4 Å². The molecule has 1 unspecified atom stereocenters. The molecule has 0 aliphatic rings. The van der Waals surface area contributed by atoms with Crippen molar-refractivity contribution in [1.29, 1.82) is 0 Å². The molecule has 88 valence electrons. The van der Waals surface area contributed by atoms with Crippen molar-refractivity contribution in [1.82, 2.24) is 5.32 Å². The molecule has 0 fully saturated rings. The summed E-state index contributed by atoms with van der Waals surface area (Å²) in [6.07, 6.45) is 1.94. The van der Waals surface area contributed by atoms with E-state index in [-0.39, 0.29) is 16.6 Å². The van der Waals surface area contributed by atoms with Crippen molar-refractivity contribution in [2.75, 3.05) is 12.8 Å². The van der Waals surface area contributed by atoms with Crippen molar-refractivity contribution >= 4 is 17.7 Å². The number of benzene rings is 1. The molecule has 0 bridgehead atoms. The van der Waals surface area contributed by atoms with Crippen LogP contribution in [0.2, 0.25) is 0 Å². The summed E-state index contributed by atoms with van der Waals surface area (Å²) in [6.45, 7) is 2.46. The summed E-state index contributed by atoms with van der Waals surface area (Å²) in [5, 5.41) is 11.9. The molecule has 0 aromatic heterocycles. The van der Waals surface area contributed by atoms with E-state index in [0.717, 1.165) is 6.07 Å². The van der Waals surface area contributed by atoms with Crippen LogP contribution >= 0.6 is 11.8 Å². The van der Waals surface area contributed by atoms with Gasteiger partial charge in [0.1, 0.15) is 11.6 Å². The molecular weight excluding hydrogens is 229 g/mol. The highest BCUT2D eigenvalue weighted by Crippen LogP contribution is 2.15. The maximum absolute atomic E-state index is 13.3. The van der Waals surface area contributed by atoms with Gasteiger partial charge in [0.15, 0.2) is 0 Å². The summed E-state index contributed by atoms with van der Waals surface area (Å²) >= 11 is 1.62. The maximum atomic E-state index is 13.3. The quantitative estimate of drug-likeness (QED) is 0.850. The minimum Gasteiger partial charge on any atom is -0.508 e. The average molecular weight is 243 g/mol. The highest BCUT2D eigenvalue weighted by Gasteiger charge is 2.12. The highest BCUT2D eigenvalue weighted by atomic mass is 32.2. The summed E-state index contributed by atoms with van der Waals surface area (Å²) in [4.78, 5) is 11.6. The predicted molar refractivity (Wildman–Crippen MR) is 63.4 cm³/mol. The fourth-order valence-corrected chi connectivity index (χ4v) is 1.35. The van der Waals surface area contributed by atoms with Gasteiger partial charge in [-0.1, -0.05) is 6.92 Å². The minimum atomic E-state index is -0.714. The highest BCUT2D eigenvalue weighted by molar-refractivity contribution is 7.99. The van der Waals surface area contributed by atoms with Crippen LogP contribution in [-0.4, -0.2) is 29.1 Å². The van der Waals surface area contributed by atoms with Gasteiger partial charge in [-0.2, -0.15) is 11.8 Å². The van der Waals surface area contributed by atoms with Crippen molar-refractivity contribution in [2.24, 2.45) is 0 Å². The Morgan fingerprint density at radius 1 is 1.62 bits per heavy atom. The number of carbonyl (C=O) groups excluding carboxylic acids is 1. The van der Waals surface area contributed by atoms with Crippen molar-refractivity contribution in [3.8, 4) is 5.75 Å². The Labute approximate surface area is 98.1 Å². The fourth-order valence-electron chi connectivity index (χ4n) is 1.10. The van der Waals surface area contributed by atoms with Gasteiger partial charge in [0.25, 0.3) is 5.91 Å². The third-order valence-corrected chi connectivity index (χ3v) is 3.12. The van der Waals surface area contributed by atoms with Crippen LogP contribution in [0.3, 0.4) is 0 Å². The Morgan fingerprint density at radius 3 is 2.88 bits per heavy atom. The molecule has 0 aliphatic carbocycles. The number of halogens is 1. The van der Waals surface area contributed by atoms with Crippen LogP contribution in [0, 0.1) is 5.82 Å². The van der Waals surface area contributed by atoms with Gasteiger partial charge >= 0.3 is 0 Å². The van der Waals surface area contributed by atoms with E-state index < -0.39 is 11.7 Å².